The number of halogens is 1. The Labute approximate surface area is 169 Å². The Morgan fingerprint density at radius 3 is 2.59 bits per heavy atom. The van der Waals surface area contributed by atoms with Gasteiger partial charge in [0.2, 0.25) is 11.8 Å². The first-order valence-electron chi connectivity index (χ1n) is 9.87. The zero-order chi connectivity index (χ0) is 21.0. The molecular formula is C22H26FN3O3. The van der Waals surface area contributed by atoms with Crippen molar-refractivity contribution in [1.82, 2.24) is 15.2 Å². The zero-order valence-corrected chi connectivity index (χ0v) is 16.8. The third-order valence-corrected chi connectivity index (χ3v) is 5.30. The summed E-state index contributed by atoms with van der Waals surface area (Å²) in [6, 6.07) is 6.60. The molecule has 1 aromatic carbocycles. The highest BCUT2D eigenvalue weighted by Gasteiger charge is 2.29. The topological polar surface area (TPSA) is 80.2 Å². The van der Waals surface area contributed by atoms with Crippen molar-refractivity contribution in [2.75, 3.05) is 13.1 Å². The number of fused-ring (bicyclic) bond motifs is 1. The van der Waals surface area contributed by atoms with Gasteiger partial charge in [-0.15, -0.1) is 0 Å². The number of nitrogens with zero attached hydrogens (tertiary/aromatic N) is 1. The van der Waals surface area contributed by atoms with Crippen LogP contribution in [0.25, 0.3) is 0 Å². The fraction of sp³-hybridized carbons (Fsp3) is 0.409. The number of benzene rings is 1. The van der Waals surface area contributed by atoms with E-state index in [0.717, 1.165) is 29.8 Å². The average molecular weight is 399 g/mol. The molecule has 1 aliphatic rings. The van der Waals surface area contributed by atoms with Gasteiger partial charge in [-0.1, -0.05) is 18.2 Å². The summed E-state index contributed by atoms with van der Waals surface area (Å²) in [6.07, 6.45) is 2.05. The fourth-order valence-electron chi connectivity index (χ4n) is 3.88. The minimum absolute atomic E-state index is 0.0441. The van der Waals surface area contributed by atoms with Crippen LogP contribution in [0, 0.1) is 12.7 Å². The molecule has 2 N–H and O–H groups in total. The quantitative estimate of drug-likeness (QED) is 0.701. The molecule has 0 spiro atoms. The number of ketones is 1. The first kappa shape index (κ1) is 20.8. The van der Waals surface area contributed by atoms with Gasteiger partial charge in [0.25, 0.3) is 0 Å². The predicted octanol–water partition coefficient (Wildman–Crippen LogP) is 2.30. The number of carbonyl (C=O) groups is 3. The lowest BCUT2D eigenvalue weighted by Gasteiger charge is -2.16. The summed E-state index contributed by atoms with van der Waals surface area (Å²) >= 11 is 0. The van der Waals surface area contributed by atoms with E-state index in [4.69, 9.17) is 0 Å². The van der Waals surface area contributed by atoms with Crippen LogP contribution in [0.2, 0.25) is 0 Å². The molecule has 0 radical (unpaired) electrons. The van der Waals surface area contributed by atoms with Gasteiger partial charge in [-0.2, -0.15) is 0 Å². The Hall–Kier alpha value is -2.96. The molecule has 1 aliphatic carbocycles. The lowest BCUT2D eigenvalue weighted by Crippen LogP contribution is -2.34. The highest BCUT2D eigenvalue weighted by Crippen LogP contribution is 2.31. The molecule has 1 heterocycles. The van der Waals surface area contributed by atoms with Crippen molar-refractivity contribution in [3.63, 3.8) is 0 Å². The molecule has 1 aromatic heterocycles. The smallest absolute Gasteiger partial charge is 0.224 e. The van der Waals surface area contributed by atoms with Gasteiger partial charge in [-0.05, 0) is 31.4 Å². The maximum Gasteiger partial charge on any atom is 0.224 e. The van der Waals surface area contributed by atoms with Crippen LogP contribution < -0.4 is 10.6 Å². The van der Waals surface area contributed by atoms with Crippen LogP contribution in [-0.2, 0) is 29.0 Å². The second-order valence-corrected chi connectivity index (χ2v) is 7.35. The average Bonchev–Trinajstić information content (AvgIpc) is 2.93. The van der Waals surface area contributed by atoms with Crippen molar-refractivity contribution < 1.29 is 18.8 Å². The number of hydrogen-bond donors (Lipinski definition) is 2. The van der Waals surface area contributed by atoms with Crippen molar-refractivity contribution in [3.8, 4) is 0 Å². The Bertz CT molecular complexity index is 949. The highest BCUT2D eigenvalue weighted by molar-refractivity contribution is 6.01. The van der Waals surface area contributed by atoms with E-state index in [2.05, 4.69) is 10.6 Å². The lowest BCUT2D eigenvalue weighted by molar-refractivity contribution is -0.121. The van der Waals surface area contributed by atoms with E-state index in [1.807, 2.05) is 11.5 Å². The van der Waals surface area contributed by atoms with E-state index in [0.29, 0.717) is 37.2 Å². The summed E-state index contributed by atoms with van der Waals surface area (Å²) in [6.45, 7) is 4.31. The van der Waals surface area contributed by atoms with Crippen molar-refractivity contribution in [1.29, 1.82) is 0 Å². The van der Waals surface area contributed by atoms with Gasteiger partial charge >= 0.3 is 0 Å². The van der Waals surface area contributed by atoms with Gasteiger partial charge in [0, 0.05) is 48.9 Å². The van der Waals surface area contributed by atoms with Crippen LogP contribution in [0.3, 0.4) is 0 Å². The highest BCUT2D eigenvalue weighted by atomic mass is 19.1. The molecule has 6 nitrogen and oxygen atoms in total. The normalized spacial score (nSPS) is 13.1. The first-order valence-corrected chi connectivity index (χ1v) is 9.87. The molecule has 0 saturated carbocycles. The van der Waals surface area contributed by atoms with Crippen LogP contribution in [0.4, 0.5) is 4.39 Å². The Balaban J connectivity index is 1.84. The van der Waals surface area contributed by atoms with Gasteiger partial charge in [0.05, 0.1) is 13.0 Å². The summed E-state index contributed by atoms with van der Waals surface area (Å²) in [5.74, 6) is -0.598. The van der Waals surface area contributed by atoms with Gasteiger partial charge in [0.1, 0.15) is 5.82 Å². The Morgan fingerprint density at radius 2 is 1.86 bits per heavy atom. The zero-order valence-electron chi connectivity index (χ0n) is 16.8. The molecular weight excluding hydrogens is 373 g/mol. The SMILES string of the molecule is CC(=O)NCCNC(=O)Cc1c2c(n(Cc3ccccc3F)c1C)CCCC2=O. The van der Waals surface area contributed by atoms with E-state index in [-0.39, 0.29) is 29.8 Å². The van der Waals surface area contributed by atoms with Gasteiger partial charge in [-0.25, -0.2) is 4.39 Å². The number of Topliss-reactive ketones (excluding diaryl/α,β-unsaturated/α-hetero) is 1. The van der Waals surface area contributed by atoms with E-state index < -0.39 is 0 Å². The first-order chi connectivity index (χ1) is 13.9. The number of hydrogen-bond acceptors (Lipinski definition) is 3. The van der Waals surface area contributed by atoms with Crippen LogP contribution in [-0.4, -0.2) is 35.3 Å². The molecule has 0 saturated heterocycles. The molecule has 154 valence electrons. The second-order valence-electron chi connectivity index (χ2n) is 7.35. The summed E-state index contributed by atoms with van der Waals surface area (Å²) in [5, 5.41) is 5.39. The maximum atomic E-state index is 14.2. The molecule has 0 fully saturated rings. The van der Waals surface area contributed by atoms with Gasteiger partial charge in [-0.3, -0.25) is 14.4 Å². The monoisotopic (exact) mass is 399 g/mol. The molecule has 29 heavy (non-hydrogen) atoms. The lowest BCUT2D eigenvalue weighted by atomic mass is 9.92. The van der Waals surface area contributed by atoms with Crippen LogP contribution in [0.15, 0.2) is 24.3 Å². The predicted molar refractivity (Wildman–Crippen MR) is 107 cm³/mol. The third kappa shape index (κ3) is 4.72. The molecule has 7 heteroatoms. The summed E-state index contributed by atoms with van der Waals surface area (Å²) < 4.78 is 16.2. The minimum atomic E-state index is -0.284. The Morgan fingerprint density at radius 1 is 1.14 bits per heavy atom. The second kappa shape index (κ2) is 9.03. The molecule has 2 amide bonds. The molecule has 0 atom stereocenters. The van der Waals surface area contributed by atoms with Gasteiger partial charge < -0.3 is 15.2 Å². The maximum absolute atomic E-state index is 14.2. The third-order valence-electron chi connectivity index (χ3n) is 5.30. The summed E-state index contributed by atoms with van der Waals surface area (Å²) in [5.41, 5.74) is 3.62. The molecule has 2 aromatic rings. The molecule has 3 rings (SSSR count). The van der Waals surface area contributed by atoms with Crippen molar-refractivity contribution in [2.24, 2.45) is 0 Å². The largest absolute Gasteiger partial charge is 0.355 e. The van der Waals surface area contributed by atoms with Crippen LogP contribution >= 0.6 is 0 Å². The van der Waals surface area contributed by atoms with Crippen molar-refractivity contribution >= 4 is 17.6 Å². The van der Waals surface area contributed by atoms with Gasteiger partial charge in [0.15, 0.2) is 5.78 Å². The summed E-state index contributed by atoms with van der Waals surface area (Å²) in [4.78, 5) is 36.0. The molecule has 0 bridgehead atoms. The van der Waals surface area contributed by atoms with E-state index in [1.54, 1.807) is 18.2 Å². The van der Waals surface area contributed by atoms with Crippen molar-refractivity contribution in [3.05, 3.63) is 58.2 Å². The van der Waals surface area contributed by atoms with Crippen molar-refractivity contribution in [2.45, 2.75) is 46.1 Å². The van der Waals surface area contributed by atoms with E-state index in [1.165, 1.54) is 13.0 Å². The number of carbonyl (C=O) groups excluding carboxylic acids is 3. The summed E-state index contributed by atoms with van der Waals surface area (Å²) in [7, 11) is 0. The van der Waals surface area contributed by atoms with E-state index in [9.17, 15) is 18.8 Å². The minimum Gasteiger partial charge on any atom is -0.355 e. The number of rotatable bonds is 7. The van der Waals surface area contributed by atoms with E-state index >= 15 is 0 Å². The number of nitrogens with one attached hydrogen (secondary N) is 2. The fourth-order valence-corrected chi connectivity index (χ4v) is 3.88. The van der Waals surface area contributed by atoms with Crippen LogP contribution in [0.5, 0.6) is 0 Å². The van der Waals surface area contributed by atoms with Crippen LogP contribution in [0.1, 0.15) is 52.6 Å². The Kier molecular flexibility index (Phi) is 6.46. The number of aromatic nitrogens is 1. The molecule has 0 unspecified atom stereocenters. The number of amides is 2. The standard InChI is InChI=1S/C22H26FN3O3/c1-14-17(12-21(29)25-11-10-24-15(2)27)22-19(8-5-9-20(22)28)26(14)13-16-6-3-4-7-18(16)23/h3-4,6-7H,5,8-13H2,1-2H3,(H,24,27)(H,25,29). The molecule has 0 aliphatic heterocycles.